The molecule has 5 heteroatoms. The molecule has 8 aromatic carbocycles. The van der Waals surface area contributed by atoms with Crippen LogP contribution in [-0.2, 0) is 5.41 Å². The van der Waals surface area contributed by atoms with Gasteiger partial charge in [0.1, 0.15) is 11.5 Å². The Labute approximate surface area is 329 Å². The zero-order valence-electron chi connectivity index (χ0n) is 30.7. The van der Waals surface area contributed by atoms with E-state index in [0.717, 1.165) is 72.2 Å². The predicted molar refractivity (Wildman–Crippen MR) is 228 cm³/mol. The Morgan fingerprint density at radius 3 is 1.51 bits per heavy atom. The van der Waals surface area contributed by atoms with Crippen LogP contribution in [0.3, 0.4) is 0 Å². The molecule has 5 nitrogen and oxygen atoms in total. The zero-order chi connectivity index (χ0) is 37.5. The first-order valence-electron chi connectivity index (χ1n) is 19.3. The second-order valence-corrected chi connectivity index (χ2v) is 14.7. The Bertz CT molecular complexity index is 3110. The lowest BCUT2D eigenvalue weighted by molar-refractivity contribution is 0.436. The third-order valence-electron chi connectivity index (χ3n) is 11.7. The van der Waals surface area contributed by atoms with Crippen molar-refractivity contribution in [1.82, 2.24) is 19.5 Å². The van der Waals surface area contributed by atoms with Crippen molar-refractivity contribution < 1.29 is 4.74 Å². The van der Waals surface area contributed by atoms with Crippen LogP contribution in [0, 0.1) is 0 Å². The summed E-state index contributed by atoms with van der Waals surface area (Å²) in [6.45, 7) is 0. The molecule has 0 atom stereocenters. The Balaban J connectivity index is 1.28. The minimum absolute atomic E-state index is 0.561. The fourth-order valence-electron chi connectivity index (χ4n) is 9.44. The molecule has 266 valence electrons. The number of nitrogens with zero attached hydrogens (tertiary/aromatic N) is 4. The van der Waals surface area contributed by atoms with E-state index in [0.29, 0.717) is 17.6 Å². The van der Waals surface area contributed by atoms with Gasteiger partial charge >= 0.3 is 0 Å². The van der Waals surface area contributed by atoms with Crippen molar-refractivity contribution in [2.75, 3.05) is 0 Å². The molecule has 12 rings (SSSR count). The largest absolute Gasteiger partial charge is 0.457 e. The number of hydrogen-bond donors (Lipinski definition) is 0. The molecule has 10 aromatic rings. The molecule has 0 saturated heterocycles. The highest BCUT2D eigenvalue weighted by atomic mass is 16.5. The van der Waals surface area contributed by atoms with E-state index in [-0.39, 0.29) is 0 Å². The van der Waals surface area contributed by atoms with Crippen LogP contribution in [0.4, 0.5) is 0 Å². The van der Waals surface area contributed by atoms with Crippen LogP contribution in [-0.4, -0.2) is 19.5 Å². The maximum absolute atomic E-state index is 6.67. The van der Waals surface area contributed by atoms with E-state index in [1.807, 2.05) is 36.4 Å². The lowest BCUT2D eigenvalue weighted by Gasteiger charge is -2.39. The normalized spacial score (nSPS) is 13.2. The number of fused-ring (bicyclic) bond motifs is 13. The highest BCUT2D eigenvalue weighted by Gasteiger charge is 2.52. The van der Waals surface area contributed by atoms with Crippen LogP contribution in [0.5, 0.6) is 11.5 Å². The molecular weight excluding hydrogens is 697 g/mol. The minimum atomic E-state index is -0.626. The summed E-state index contributed by atoms with van der Waals surface area (Å²) in [7, 11) is 0. The summed E-state index contributed by atoms with van der Waals surface area (Å²) in [6, 6.07) is 68.2. The fourth-order valence-corrected chi connectivity index (χ4v) is 9.44. The van der Waals surface area contributed by atoms with E-state index in [4.69, 9.17) is 19.7 Å². The number of rotatable bonds is 4. The van der Waals surface area contributed by atoms with E-state index in [1.54, 1.807) is 0 Å². The van der Waals surface area contributed by atoms with Gasteiger partial charge in [0.15, 0.2) is 11.6 Å². The smallest absolute Gasteiger partial charge is 0.238 e. The maximum atomic E-state index is 6.67. The van der Waals surface area contributed by atoms with E-state index < -0.39 is 5.41 Å². The van der Waals surface area contributed by atoms with Crippen molar-refractivity contribution in [1.29, 1.82) is 0 Å². The molecule has 2 aliphatic rings. The van der Waals surface area contributed by atoms with Crippen molar-refractivity contribution in [3.63, 3.8) is 0 Å². The van der Waals surface area contributed by atoms with Crippen molar-refractivity contribution >= 4 is 21.8 Å². The molecule has 1 aliphatic heterocycles. The van der Waals surface area contributed by atoms with Crippen LogP contribution in [0.2, 0.25) is 0 Å². The first kappa shape index (κ1) is 31.7. The van der Waals surface area contributed by atoms with Crippen LogP contribution in [0.1, 0.15) is 22.3 Å². The molecule has 2 aromatic heterocycles. The summed E-state index contributed by atoms with van der Waals surface area (Å²) in [5, 5.41) is 2.26. The van der Waals surface area contributed by atoms with E-state index in [1.165, 1.54) is 16.7 Å². The molecule has 0 saturated carbocycles. The summed E-state index contributed by atoms with van der Waals surface area (Å²) in [5.41, 5.74) is 12.5. The molecule has 0 unspecified atom stereocenters. The summed E-state index contributed by atoms with van der Waals surface area (Å²) in [6.07, 6.45) is 0. The Morgan fingerprint density at radius 1 is 0.368 bits per heavy atom. The Kier molecular flexibility index (Phi) is 6.78. The molecule has 1 aliphatic carbocycles. The number of benzene rings is 8. The molecule has 0 fully saturated rings. The van der Waals surface area contributed by atoms with Crippen LogP contribution in [0.25, 0.3) is 72.8 Å². The number of aromatic nitrogens is 4. The van der Waals surface area contributed by atoms with Gasteiger partial charge in [0.2, 0.25) is 5.95 Å². The van der Waals surface area contributed by atoms with Gasteiger partial charge in [-0.3, -0.25) is 4.57 Å². The molecule has 57 heavy (non-hydrogen) atoms. The Morgan fingerprint density at radius 2 is 0.877 bits per heavy atom. The van der Waals surface area contributed by atoms with Crippen molar-refractivity contribution in [2.45, 2.75) is 5.41 Å². The molecule has 0 radical (unpaired) electrons. The number of hydrogen-bond acceptors (Lipinski definition) is 4. The average Bonchev–Trinajstić information content (AvgIpc) is 3.78. The van der Waals surface area contributed by atoms with E-state index >= 15 is 0 Å². The topological polar surface area (TPSA) is 52.8 Å². The molecule has 1 spiro atoms. The molecular formula is C52H32N4O. The fraction of sp³-hybridized carbons (Fsp3) is 0.0192. The van der Waals surface area contributed by atoms with Gasteiger partial charge < -0.3 is 4.74 Å². The van der Waals surface area contributed by atoms with Crippen LogP contribution in [0.15, 0.2) is 194 Å². The van der Waals surface area contributed by atoms with Gasteiger partial charge in [-0.05, 0) is 34.4 Å². The minimum Gasteiger partial charge on any atom is -0.457 e. The van der Waals surface area contributed by atoms with Gasteiger partial charge in [-0.15, -0.1) is 0 Å². The maximum Gasteiger partial charge on any atom is 0.238 e. The molecule has 0 amide bonds. The predicted octanol–water partition coefficient (Wildman–Crippen LogP) is 12.4. The second kappa shape index (κ2) is 12.2. The number of ether oxygens (including phenoxy) is 1. The first-order valence-corrected chi connectivity index (χ1v) is 19.3. The molecule has 0 N–H and O–H groups in total. The standard InChI is InChI=1S/C52H32N4O/c1-4-17-33(18-5-1)36-24-16-25-37-38-31-32-43-46(39-23-10-11-26-40(39)52(43)41-27-12-14-29-44(41)57-45-30-15-13-28-42(45)52)48(38)56(47(36)37)51-54-49(34-19-6-2-7-20-34)53-50(55-51)35-21-8-3-9-22-35/h1-32H. The van der Waals surface area contributed by atoms with Gasteiger partial charge in [0.05, 0.1) is 16.4 Å². The van der Waals surface area contributed by atoms with Crippen LogP contribution >= 0.6 is 0 Å². The third kappa shape index (κ3) is 4.48. The highest BCUT2D eigenvalue weighted by Crippen LogP contribution is 2.63. The molecule has 0 bridgehead atoms. The van der Waals surface area contributed by atoms with Gasteiger partial charge in [-0.25, -0.2) is 4.98 Å². The summed E-state index contributed by atoms with van der Waals surface area (Å²) in [4.78, 5) is 15.9. The lowest BCUT2D eigenvalue weighted by atomic mass is 9.66. The lowest BCUT2D eigenvalue weighted by Crippen LogP contribution is -2.32. The van der Waals surface area contributed by atoms with Crippen LogP contribution < -0.4 is 4.74 Å². The van der Waals surface area contributed by atoms with E-state index in [2.05, 4.69) is 162 Å². The monoisotopic (exact) mass is 728 g/mol. The summed E-state index contributed by atoms with van der Waals surface area (Å²) < 4.78 is 8.98. The molecule has 3 heterocycles. The second-order valence-electron chi connectivity index (χ2n) is 14.7. The summed E-state index contributed by atoms with van der Waals surface area (Å²) >= 11 is 0. The van der Waals surface area contributed by atoms with E-state index in [9.17, 15) is 0 Å². The van der Waals surface area contributed by atoms with Gasteiger partial charge in [-0.2, -0.15) is 9.97 Å². The Hall–Kier alpha value is -7.63. The average molecular weight is 729 g/mol. The van der Waals surface area contributed by atoms with Gasteiger partial charge in [0, 0.05) is 44.2 Å². The summed E-state index contributed by atoms with van der Waals surface area (Å²) in [5.74, 6) is 3.52. The quantitative estimate of drug-likeness (QED) is 0.181. The van der Waals surface area contributed by atoms with Crippen molar-refractivity contribution in [3.05, 3.63) is 216 Å². The van der Waals surface area contributed by atoms with Crippen molar-refractivity contribution in [3.8, 4) is 62.5 Å². The SMILES string of the molecule is c1ccc(-c2nc(-c3ccccc3)nc(-n3c4c(-c5ccccc5)cccc4c4ccc5c(c43)-c3ccccc3C53c4ccccc4Oc4ccccc43)n2)cc1. The third-order valence-corrected chi connectivity index (χ3v) is 11.7. The van der Waals surface area contributed by atoms with Crippen molar-refractivity contribution in [2.24, 2.45) is 0 Å². The van der Waals surface area contributed by atoms with Gasteiger partial charge in [-0.1, -0.05) is 182 Å². The van der Waals surface area contributed by atoms with Gasteiger partial charge in [0.25, 0.3) is 0 Å². The highest BCUT2D eigenvalue weighted by molar-refractivity contribution is 6.19. The number of para-hydroxylation sites is 3. The zero-order valence-corrected chi connectivity index (χ0v) is 30.7. The first-order chi connectivity index (χ1) is 28.3.